The van der Waals surface area contributed by atoms with E-state index in [1.807, 2.05) is 0 Å². The maximum atomic E-state index is 2.72. The topological polar surface area (TPSA) is 0 Å². The summed E-state index contributed by atoms with van der Waals surface area (Å²) < 4.78 is 0. The van der Waals surface area contributed by atoms with Crippen LogP contribution in [-0.2, 0) is 0 Å². The van der Waals surface area contributed by atoms with Gasteiger partial charge in [0.05, 0.1) is 0 Å². The third-order valence-electron chi connectivity index (χ3n) is 10.6. The second kappa shape index (κ2) is 9.01. The average Bonchev–Trinajstić information content (AvgIpc) is 3.04. The molecule has 0 spiro atoms. The van der Waals surface area contributed by atoms with Gasteiger partial charge >= 0.3 is 0 Å². The van der Waals surface area contributed by atoms with Gasteiger partial charge in [0.25, 0.3) is 0 Å². The molecule has 3 fully saturated rings. The Balaban J connectivity index is 1.57. The maximum Gasteiger partial charge on any atom is -0.0243 e. The fourth-order valence-electron chi connectivity index (χ4n) is 8.19. The molecule has 0 heteroatoms. The maximum absolute atomic E-state index is 2.72. The van der Waals surface area contributed by atoms with Gasteiger partial charge in [-0.25, -0.2) is 0 Å². The van der Waals surface area contributed by atoms with Crippen LogP contribution in [-0.4, -0.2) is 0 Å². The number of hydrogen-bond acceptors (Lipinski definition) is 0. The first-order chi connectivity index (χ1) is 13.2. The smallest absolute Gasteiger partial charge is 0.0243 e. The Morgan fingerprint density at radius 2 is 1.50 bits per heavy atom. The van der Waals surface area contributed by atoms with Gasteiger partial charge in [0, 0.05) is 0 Å². The molecular weight excluding hydrogens is 336 g/mol. The van der Waals surface area contributed by atoms with Crippen molar-refractivity contribution in [3.63, 3.8) is 0 Å². The van der Waals surface area contributed by atoms with Crippen LogP contribution in [0.15, 0.2) is 0 Å². The number of rotatable bonds is 7. The van der Waals surface area contributed by atoms with Crippen molar-refractivity contribution in [2.24, 2.45) is 39.9 Å². The van der Waals surface area contributed by atoms with Gasteiger partial charge in [-0.05, 0) is 91.3 Å². The summed E-state index contributed by atoms with van der Waals surface area (Å²) in [6, 6.07) is 0. The summed E-state index contributed by atoms with van der Waals surface area (Å²) in [6.45, 7) is 15.3. The summed E-state index contributed by atoms with van der Waals surface area (Å²) >= 11 is 0. The highest BCUT2D eigenvalue weighted by molar-refractivity contribution is 5.02. The van der Waals surface area contributed by atoms with Crippen LogP contribution in [0.4, 0.5) is 0 Å². The van der Waals surface area contributed by atoms with Crippen molar-refractivity contribution >= 4 is 0 Å². The van der Waals surface area contributed by atoms with E-state index >= 15 is 0 Å². The molecule has 0 saturated heterocycles. The zero-order valence-corrected chi connectivity index (χ0v) is 20.4. The van der Waals surface area contributed by atoms with E-state index in [4.69, 9.17) is 0 Å². The van der Waals surface area contributed by atoms with Gasteiger partial charge in [-0.2, -0.15) is 0 Å². The van der Waals surface area contributed by atoms with E-state index in [9.17, 15) is 0 Å². The Bertz CT molecular complexity index is 490. The SMILES string of the molecule is CC[C@@H]1C[C@H](CCC[C@@]2(C)CCCC[C@@]2(C)[C@@H]2CCC(C)(C)C2)CC[C@@H]1CC. The lowest BCUT2D eigenvalue weighted by Crippen LogP contribution is -2.45. The van der Waals surface area contributed by atoms with Gasteiger partial charge in [0.15, 0.2) is 0 Å². The lowest BCUT2D eigenvalue weighted by Gasteiger charge is -2.54. The highest BCUT2D eigenvalue weighted by Gasteiger charge is 2.52. The Kier molecular flexibility index (Phi) is 7.30. The van der Waals surface area contributed by atoms with Crippen LogP contribution in [0.1, 0.15) is 138 Å². The summed E-state index contributed by atoms with van der Waals surface area (Å²) in [5.41, 5.74) is 1.80. The van der Waals surface area contributed by atoms with Gasteiger partial charge in [0.1, 0.15) is 0 Å². The molecule has 0 heterocycles. The van der Waals surface area contributed by atoms with Crippen molar-refractivity contribution in [2.45, 2.75) is 138 Å². The van der Waals surface area contributed by atoms with Crippen molar-refractivity contribution in [1.82, 2.24) is 0 Å². The molecule has 3 rings (SSSR count). The first kappa shape index (κ1) is 22.7. The zero-order valence-electron chi connectivity index (χ0n) is 20.4. The first-order valence-electron chi connectivity index (χ1n) is 13.2. The van der Waals surface area contributed by atoms with E-state index < -0.39 is 0 Å². The van der Waals surface area contributed by atoms with E-state index in [2.05, 4.69) is 41.5 Å². The van der Waals surface area contributed by atoms with Crippen molar-refractivity contribution in [2.75, 3.05) is 0 Å². The largest absolute Gasteiger partial charge is 0.0651 e. The highest BCUT2D eigenvalue weighted by atomic mass is 14.6. The number of hydrogen-bond donors (Lipinski definition) is 0. The molecule has 0 nitrogen and oxygen atoms in total. The average molecular weight is 389 g/mol. The van der Waals surface area contributed by atoms with Crippen LogP contribution in [0.5, 0.6) is 0 Å². The second-order valence-corrected chi connectivity index (χ2v) is 12.7. The minimum atomic E-state index is 0.596. The van der Waals surface area contributed by atoms with E-state index in [1.54, 1.807) is 6.42 Å². The van der Waals surface area contributed by atoms with Crippen molar-refractivity contribution in [3.05, 3.63) is 0 Å². The molecule has 3 saturated carbocycles. The molecule has 0 aliphatic heterocycles. The van der Waals surface area contributed by atoms with Crippen LogP contribution in [0.25, 0.3) is 0 Å². The quantitative estimate of drug-likeness (QED) is 0.407. The summed E-state index contributed by atoms with van der Waals surface area (Å²) in [5, 5.41) is 0. The Morgan fingerprint density at radius 3 is 2.14 bits per heavy atom. The molecule has 164 valence electrons. The standard InChI is InChI=1S/C28H52/c1-7-23-14-13-22(20-24(23)8-2)12-11-17-27(5)16-9-10-18-28(27,6)25-15-19-26(3,4)21-25/h22-25H,7-21H2,1-6H3/t22-,23+,24-,25-,27-,28+/m1/s1. The van der Waals surface area contributed by atoms with E-state index in [1.165, 1.54) is 89.9 Å². The van der Waals surface area contributed by atoms with Gasteiger partial charge in [0.2, 0.25) is 0 Å². The molecule has 0 N–H and O–H groups in total. The molecule has 3 aliphatic rings. The summed E-state index contributed by atoms with van der Waals surface area (Å²) in [5.74, 6) is 4.08. The summed E-state index contributed by atoms with van der Waals surface area (Å²) in [6.07, 6.45) is 22.4. The minimum Gasteiger partial charge on any atom is -0.0651 e. The molecule has 0 radical (unpaired) electrons. The summed E-state index contributed by atoms with van der Waals surface area (Å²) in [7, 11) is 0. The molecule has 0 aromatic rings. The summed E-state index contributed by atoms with van der Waals surface area (Å²) in [4.78, 5) is 0. The van der Waals surface area contributed by atoms with Crippen LogP contribution in [0.3, 0.4) is 0 Å². The molecule has 0 aromatic heterocycles. The minimum absolute atomic E-state index is 0.596. The third-order valence-corrected chi connectivity index (χ3v) is 10.6. The van der Waals surface area contributed by atoms with Crippen molar-refractivity contribution in [3.8, 4) is 0 Å². The molecular formula is C28H52. The lowest BCUT2D eigenvalue weighted by atomic mass is 9.50. The van der Waals surface area contributed by atoms with Crippen LogP contribution < -0.4 is 0 Å². The fraction of sp³-hybridized carbons (Fsp3) is 1.00. The van der Waals surface area contributed by atoms with Gasteiger partial charge in [-0.15, -0.1) is 0 Å². The fourth-order valence-corrected chi connectivity index (χ4v) is 8.19. The van der Waals surface area contributed by atoms with E-state index in [0.29, 0.717) is 16.2 Å². The first-order valence-corrected chi connectivity index (χ1v) is 13.2. The lowest BCUT2D eigenvalue weighted by molar-refractivity contribution is -0.0464. The van der Waals surface area contributed by atoms with Crippen LogP contribution in [0, 0.1) is 39.9 Å². The molecule has 0 amide bonds. The van der Waals surface area contributed by atoms with Crippen molar-refractivity contribution < 1.29 is 0 Å². The molecule has 0 unspecified atom stereocenters. The van der Waals surface area contributed by atoms with Gasteiger partial charge in [-0.1, -0.05) is 86.5 Å². The van der Waals surface area contributed by atoms with E-state index in [-0.39, 0.29) is 0 Å². The van der Waals surface area contributed by atoms with Crippen LogP contribution >= 0.6 is 0 Å². The van der Waals surface area contributed by atoms with Crippen LogP contribution in [0.2, 0.25) is 0 Å². The van der Waals surface area contributed by atoms with Gasteiger partial charge < -0.3 is 0 Å². The van der Waals surface area contributed by atoms with Crippen molar-refractivity contribution in [1.29, 1.82) is 0 Å². The Labute approximate surface area is 178 Å². The van der Waals surface area contributed by atoms with E-state index in [0.717, 1.165) is 23.7 Å². The normalized spacial score (nSPS) is 43.9. The monoisotopic (exact) mass is 388 g/mol. The predicted molar refractivity (Wildman–Crippen MR) is 125 cm³/mol. The molecule has 0 aromatic carbocycles. The molecule has 28 heavy (non-hydrogen) atoms. The highest BCUT2D eigenvalue weighted by Crippen LogP contribution is 2.62. The Hall–Kier alpha value is 0. The predicted octanol–water partition coefficient (Wildman–Crippen LogP) is 9.42. The zero-order chi connectivity index (χ0) is 20.4. The molecule has 3 aliphatic carbocycles. The molecule has 6 atom stereocenters. The second-order valence-electron chi connectivity index (χ2n) is 12.7. The third kappa shape index (κ3) is 4.67. The molecule has 0 bridgehead atoms. The van der Waals surface area contributed by atoms with Gasteiger partial charge in [-0.3, -0.25) is 0 Å². The Morgan fingerprint density at radius 1 is 0.786 bits per heavy atom.